The van der Waals surface area contributed by atoms with Gasteiger partial charge < -0.3 is 14.5 Å². The van der Waals surface area contributed by atoms with E-state index >= 15 is 0 Å². The number of nitrogens with zero attached hydrogens (tertiary/aromatic N) is 3. The number of hydrogen-bond donors (Lipinski definition) is 1. The number of likely N-dealkylation sites (tertiary alicyclic amines) is 1. The second kappa shape index (κ2) is 7.19. The Morgan fingerprint density at radius 2 is 2.19 bits per heavy atom. The molecule has 1 aromatic rings. The molecule has 0 unspecified atom stereocenters. The number of amides is 1. The summed E-state index contributed by atoms with van der Waals surface area (Å²) in [6, 6.07) is 0.0479. The molecule has 1 atom stereocenters. The van der Waals surface area contributed by atoms with Crippen molar-refractivity contribution in [2.45, 2.75) is 57.9 Å². The van der Waals surface area contributed by atoms with Crippen molar-refractivity contribution < 1.29 is 19.2 Å². The first-order chi connectivity index (χ1) is 10.1. The van der Waals surface area contributed by atoms with Crippen molar-refractivity contribution in [3.63, 3.8) is 0 Å². The fourth-order valence-corrected chi connectivity index (χ4v) is 2.72. The first-order valence-corrected chi connectivity index (χ1v) is 7.36. The van der Waals surface area contributed by atoms with Gasteiger partial charge in [-0.2, -0.15) is 4.98 Å². The van der Waals surface area contributed by atoms with Gasteiger partial charge in [-0.1, -0.05) is 5.16 Å². The van der Waals surface area contributed by atoms with Crippen LogP contribution < -0.4 is 0 Å². The van der Waals surface area contributed by atoms with Crippen LogP contribution in [-0.2, 0) is 16.0 Å². The van der Waals surface area contributed by atoms with Crippen LogP contribution in [0.15, 0.2) is 4.52 Å². The Labute approximate surface area is 123 Å². The Morgan fingerprint density at radius 3 is 2.86 bits per heavy atom. The summed E-state index contributed by atoms with van der Waals surface area (Å²) in [5.41, 5.74) is 0. The molecule has 1 N–H and O–H groups in total. The highest BCUT2D eigenvalue weighted by Gasteiger charge is 2.26. The topological polar surface area (TPSA) is 96.5 Å². The van der Waals surface area contributed by atoms with E-state index in [1.165, 1.54) is 0 Å². The third-order valence-electron chi connectivity index (χ3n) is 3.76. The molecule has 1 amide bonds. The SMILES string of the molecule is Cc1noc(CCC(=O)N2CCCC[C@H]2CCC(=O)O)n1. The zero-order valence-electron chi connectivity index (χ0n) is 12.2. The van der Waals surface area contributed by atoms with E-state index in [4.69, 9.17) is 9.63 Å². The van der Waals surface area contributed by atoms with Crippen molar-refractivity contribution in [3.8, 4) is 0 Å². The van der Waals surface area contributed by atoms with Crippen LogP contribution in [0, 0.1) is 6.92 Å². The van der Waals surface area contributed by atoms with E-state index in [1.54, 1.807) is 6.92 Å². The van der Waals surface area contributed by atoms with Gasteiger partial charge in [-0.3, -0.25) is 9.59 Å². The molecule has 7 heteroatoms. The van der Waals surface area contributed by atoms with Crippen molar-refractivity contribution in [2.75, 3.05) is 6.54 Å². The number of carbonyl (C=O) groups excluding carboxylic acids is 1. The van der Waals surface area contributed by atoms with Gasteiger partial charge >= 0.3 is 5.97 Å². The molecule has 1 saturated heterocycles. The number of hydrogen-bond acceptors (Lipinski definition) is 5. The fourth-order valence-electron chi connectivity index (χ4n) is 2.72. The summed E-state index contributed by atoms with van der Waals surface area (Å²) in [4.78, 5) is 28.9. The highest BCUT2D eigenvalue weighted by atomic mass is 16.5. The molecule has 116 valence electrons. The molecule has 0 radical (unpaired) electrons. The van der Waals surface area contributed by atoms with Crippen molar-refractivity contribution in [1.82, 2.24) is 15.0 Å². The maximum Gasteiger partial charge on any atom is 0.303 e. The molecule has 1 fully saturated rings. The highest BCUT2D eigenvalue weighted by Crippen LogP contribution is 2.22. The van der Waals surface area contributed by atoms with Gasteiger partial charge in [0.1, 0.15) is 0 Å². The summed E-state index contributed by atoms with van der Waals surface area (Å²) < 4.78 is 5.00. The van der Waals surface area contributed by atoms with Gasteiger partial charge in [-0.15, -0.1) is 0 Å². The molecule has 0 bridgehead atoms. The molecule has 2 rings (SSSR count). The number of carbonyl (C=O) groups is 2. The van der Waals surface area contributed by atoms with E-state index in [1.807, 2.05) is 4.90 Å². The van der Waals surface area contributed by atoms with Crippen molar-refractivity contribution in [3.05, 3.63) is 11.7 Å². The first-order valence-electron chi connectivity index (χ1n) is 7.36. The second-order valence-electron chi connectivity index (χ2n) is 5.40. The van der Waals surface area contributed by atoms with Gasteiger partial charge in [-0.25, -0.2) is 0 Å². The van der Waals surface area contributed by atoms with E-state index in [0.717, 1.165) is 19.3 Å². The summed E-state index contributed by atoms with van der Waals surface area (Å²) in [6.45, 7) is 2.45. The second-order valence-corrected chi connectivity index (χ2v) is 5.40. The molecule has 0 spiro atoms. The van der Waals surface area contributed by atoms with E-state index in [9.17, 15) is 9.59 Å². The van der Waals surface area contributed by atoms with Crippen LogP contribution in [0.4, 0.5) is 0 Å². The normalized spacial score (nSPS) is 18.7. The predicted molar refractivity (Wildman–Crippen MR) is 73.6 cm³/mol. The third-order valence-corrected chi connectivity index (χ3v) is 3.76. The Kier molecular flexibility index (Phi) is 5.30. The van der Waals surface area contributed by atoms with Gasteiger partial charge in [0.25, 0.3) is 0 Å². The Balaban J connectivity index is 1.87. The molecule has 1 aromatic heterocycles. The zero-order valence-corrected chi connectivity index (χ0v) is 12.2. The first kappa shape index (κ1) is 15.5. The lowest BCUT2D eigenvalue weighted by atomic mass is 9.97. The van der Waals surface area contributed by atoms with Crippen molar-refractivity contribution in [2.24, 2.45) is 0 Å². The number of rotatable bonds is 6. The fraction of sp³-hybridized carbons (Fsp3) is 0.714. The number of aliphatic carboxylic acids is 1. The van der Waals surface area contributed by atoms with Crippen LogP contribution in [0.5, 0.6) is 0 Å². The molecule has 2 heterocycles. The van der Waals surface area contributed by atoms with Gasteiger partial charge in [0, 0.05) is 31.8 Å². The Bertz CT molecular complexity index is 500. The molecular formula is C14H21N3O4. The van der Waals surface area contributed by atoms with Crippen LogP contribution in [-0.4, -0.2) is 44.6 Å². The summed E-state index contributed by atoms with van der Waals surface area (Å²) in [5.74, 6) is 0.268. The molecule has 0 aliphatic carbocycles. The number of aryl methyl sites for hydroxylation is 2. The molecule has 1 aliphatic heterocycles. The van der Waals surface area contributed by atoms with Crippen LogP contribution in [0.3, 0.4) is 0 Å². The van der Waals surface area contributed by atoms with Crippen molar-refractivity contribution in [1.29, 1.82) is 0 Å². The van der Waals surface area contributed by atoms with Crippen LogP contribution >= 0.6 is 0 Å². The minimum absolute atomic E-state index is 0.0425. The molecule has 7 nitrogen and oxygen atoms in total. The zero-order chi connectivity index (χ0) is 15.2. The lowest BCUT2D eigenvalue weighted by Gasteiger charge is -2.35. The van der Waals surface area contributed by atoms with Crippen molar-refractivity contribution >= 4 is 11.9 Å². The Hall–Kier alpha value is -1.92. The van der Waals surface area contributed by atoms with E-state index < -0.39 is 5.97 Å². The van der Waals surface area contributed by atoms with Gasteiger partial charge in [0.05, 0.1) is 0 Å². The van der Waals surface area contributed by atoms with Crippen LogP contribution in [0.1, 0.15) is 50.2 Å². The van der Waals surface area contributed by atoms with E-state index in [-0.39, 0.29) is 18.4 Å². The lowest BCUT2D eigenvalue weighted by Crippen LogP contribution is -2.44. The number of carboxylic acids is 1. The highest BCUT2D eigenvalue weighted by molar-refractivity contribution is 5.77. The van der Waals surface area contributed by atoms with Crippen LogP contribution in [0.25, 0.3) is 0 Å². The minimum atomic E-state index is -0.811. The number of carboxylic acid groups (broad SMARTS) is 1. The summed E-state index contributed by atoms with van der Waals surface area (Å²) in [5, 5.41) is 12.5. The maximum atomic E-state index is 12.3. The molecule has 21 heavy (non-hydrogen) atoms. The largest absolute Gasteiger partial charge is 0.481 e. The van der Waals surface area contributed by atoms with Gasteiger partial charge in [0.2, 0.25) is 11.8 Å². The Morgan fingerprint density at radius 1 is 1.38 bits per heavy atom. The summed E-state index contributed by atoms with van der Waals surface area (Å²) in [6.07, 6.45) is 4.32. The molecule has 0 aromatic carbocycles. The predicted octanol–water partition coefficient (Wildman–Crippen LogP) is 1.56. The number of piperidine rings is 1. The quantitative estimate of drug-likeness (QED) is 0.855. The smallest absolute Gasteiger partial charge is 0.303 e. The minimum Gasteiger partial charge on any atom is -0.481 e. The van der Waals surface area contributed by atoms with E-state index in [0.29, 0.717) is 37.5 Å². The average Bonchev–Trinajstić information content (AvgIpc) is 2.88. The molecule has 0 saturated carbocycles. The number of aromatic nitrogens is 2. The lowest BCUT2D eigenvalue weighted by molar-refractivity contribution is -0.140. The molecular weight excluding hydrogens is 274 g/mol. The standard InChI is InChI=1S/C14H21N3O4/c1-10-15-12(21-16-10)6-7-13(18)17-9-3-2-4-11(17)5-8-14(19)20/h11H,2-9H2,1H3,(H,19,20)/t11-/m0/s1. The monoisotopic (exact) mass is 295 g/mol. The van der Waals surface area contributed by atoms with Crippen LogP contribution in [0.2, 0.25) is 0 Å². The van der Waals surface area contributed by atoms with E-state index in [2.05, 4.69) is 10.1 Å². The summed E-state index contributed by atoms with van der Waals surface area (Å²) >= 11 is 0. The maximum absolute atomic E-state index is 12.3. The summed E-state index contributed by atoms with van der Waals surface area (Å²) in [7, 11) is 0. The van der Waals surface area contributed by atoms with Gasteiger partial charge in [-0.05, 0) is 32.6 Å². The van der Waals surface area contributed by atoms with Gasteiger partial charge in [0.15, 0.2) is 5.82 Å². The molecule has 1 aliphatic rings. The third kappa shape index (κ3) is 4.54. The average molecular weight is 295 g/mol.